The van der Waals surface area contributed by atoms with Gasteiger partial charge in [0.1, 0.15) is 0 Å². The Morgan fingerprint density at radius 2 is 1.79 bits per heavy atom. The molecule has 2 rings (SSSR count). The van der Waals surface area contributed by atoms with Gasteiger partial charge in [0, 0.05) is 34.0 Å². The van der Waals surface area contributed by atoms with Crippen molar-refractivity contribution in [1.82, 2.24) is 0 Å². The van der Waals surface area contributed by atoms with Gasteiger partial charge >= 0.3 is 0 Å². The van der Waals surface area contributed by atoms with Gasteiger partial charge in [0.05, 0.1) is 4.75 Å². The monoisotopic (exact) mass is 283 g/mol. The van der Waals surface area contributed by atoms with Crippen molar-refractivity contribution in [2.45, 2.75) is 17.6 Å². The zero-order valence-corrected chi connectivity index (χ0v) is 12.3. The van der Waals surface area contributed by atoms with Crippen LogP contribution in [0.1, 0.15) is 18.4 Å². The summed E-state index contributed by atoms with van der Waals surface area (Å²) >= 11 is 1.59. The van der Waals surface area contributed by atoms with Gasteiger partial charge in [-0.25, -0.2) is 4.21 Å². The van der Waals surface area contributed by atoms with Crippen molar-refractivity contribution in [3.05, 3.63) is 34.3 Å². The van der Waals surface area contributed by atoms with Crippen LogP contribution in [0.25, 0.3) is 0 Å². The Balaban J connectivity index is 0.000000980. The molecule has 1 unspecified atom stereocenters. The van der Waals surface area contributed by atoms with Crippen molar-refractivity contribution in [3.8, 4) is 0 Å². The number of hydrogen-bond donors (Lipinski definition) is 1. The largest absolute Gasteiger partial charge is 0.305 e. The smallest absolute Gasteiger partial charge is 0.163 e. The van der Waals surface area contributed by atoms with Gasteiger partial charge in [-0.15, -0.1) is 0 Å². The molecule has 0 bridgehead atoms. The molecule has 0 heterocycles. The van der Waals surface area contributed by atoms with E-state index in [0.29, 0.717) is 0 Å². The first-order valence-corrected chi connectivity index (χ1v) is 5.92. The Hall–Kier alpha value is 0.810. The Morgan fingerprint density at radius 3 is 2.14 bits per heavy atom. The van der Waals surface area contributed by atoms with E-state index in [2.05, 4.69) is 15.9 Å². The van der Waals surface area contributed by atoms with Crippen molar-refractivity contribution >= 4 is 56.6 Å². The maximum Gasteiger partial charge on any atom is 0.163 e. The predicted octanol–water partition coefficient (Wildman–Crippen LogP) is 2.28. The minimum atomic E-state index is -1.74. The van der Waals surface area contributed by atoms with Gasteiger partial charge in [-0.1, -0.05) is 28.1 Å². The van der Waals surface area contributed by atoms with Crippen molar-refractivity contribution in [2.75, 3.05) is 0 Å². The van der Waals surface area contributed by atoms with Gasteiger partial charge in [0.25, 0.3) is 0 Å². The fraction of sp³-hybridized carbons (Fsp3) is 0.333. The molecular weight excluding hydrogens is 275 g/mol. The molecule has 1 aliphatic carbocycles. The van der Waals surface area contributed by atoms with Crippen LogP contribution in [0.5, 0.6) is 0 Å². The molecule has 1 saturated carbocycles. The fourth-order valence-corrected chi connectivity index (χ4v) is 2.48. The molecule has 1 N–H and O–H groups in total. The molecule has 1 aromatic rings. The number of benzene rings is 1. The van der Waals surface area contributed by atoms with Crippen LogP contribution in [0, 0.1) is 0 Å². The molecule has 0 aromatic heterocycles. The molecule has 0 aliphatic heterocycles. The number of halogens is 1. The standard InChI is InChI=1S/C9H9BrO2S.Na/c10-8-3-1-7(2-4-8)9(5-6-9)13(11)12;/h1-4H,5-6H2,(H,11,12);. The summed E-state index contributed by atoms with van der Waals surface area (Å²) in [6.45, 7) is 0. The van der Waals surface area contributed by atoms with Crippen LogP contribution in [-0.4, -0.2) is 38.3 Å². The van der Waals surface area contributed by atoms with Gasteiger partial charge in [-0.05, 0) is 30.5 Å². The van der Waals surface area contributed by atoms with Gasteiger partial charge in [-0.3, -0.25) is 0 Å². The average Bonchev–Trinajstić information content (AvgIpc) is 2.86. The van der Waals surface area contributed by atoms with E-state index >= 15 is 0 Å². The topological polar surface area (TPSA) is 37.3 Å². The second-order valence-corrected chi connectivity index (χ2v) is 5.45. The van der Waals surface area contributed by atoms with Crippen molar-refractivity contribution < 1.29 is 8.76 Å². The Kier molecular flexibility index (Phi) is 4.38. The van der Waals surface area contributed by atoms with Crippen molar-refractivity contribution in [3.63, 3.8) is 0 Å². The molecule has 0 spiro atoms. The third-order valence-corrected chi connectivity index (χ3v) is 4.25. The molecular formula is C9H9BrNaO2S. The van der Waals surface area contributed by atoms with Gasteiger partial charge in [0.15, 0.2) is 11.1 Å². The molecule has 1 fully saturated rings. The second-order valence-electron chi connectivity index (χ2n) is 3.25. The maximum atomic E-state index is 11.1. The molecule has 71 valence electrons. The van der Waals surface area contributed by atoms with E-state index in [1.54, 1.807) is 0 Å². The van der Waals surface area contributed by atoms with Crippen LogP contribution < -0.4 is 0 Å². The van der Waals surface area contributed by atoms with Gasteiger partial charge in [-0.2, -0.15) is 0 Å². The van der Waals surface area contributed by atoms with Crippen LogP contribution in [0.2, 0.25) is 0 Å². The van der Waals surface area contributed by atoms with Gasteiger partial charge in [0.2, 0.25) is 0 Å². The van der Waals surface area contributed by atoms with E-state index in [0.717, 1.165) is 22.9 Å². The van der Waals surface area contributed by atoms with E-state index in [1.165, 1.54) is 0 Å². The summed E-state index contributed by atoms with van der Waals surface area (Å²) in [5.74, 6) is 0. The van der Waals surface area contributed by atoms with Crippen molar-refractivity contribution in [1.29, 1.82) is 0 Å². The summed E-state index contributed by atoms with van der Waals surface area (Å²) in [6, 6.07) is 7.63. The normalized spacial score (nSPS) is 19.6. The summed E-state index contributed by atoms with van der Waals surface area (Å²) in [7, 11) is 0. The summed E-state index contributed by atoms with van der Waals surface area (Å²) in [5, 5.41) is 0. The molecule has 1 aliphatic rings. The van der Waals surface area contributed by atoms with E-state index in [1.807, 2.05) is 24.3 Å². The maximum absolute atomic E-state index is 11.1. The first kappa shape index (κ1) is 12.9. The van der Waals surface area contributed by atoms with Crippen LogP contribution in [-0.2, 0) is 15.8 Å². The summed E-state index contributed by atoms with van der Waals surface area (Å²) in [6.07, 6.45) is 1.63. The summed E-state index contributed by atoms with van der Waals surface area (Å²) in [5.41, 5.74) is 0.969. The van der Waals surface area contributed by atoms with E-state index < -0.39 is 15.8 Å². The summed E-state index contributed by atoms with van der Waals surface area (Å²) < 4.78 is 20.7. The molecule has 5 heteroatoms. The van der Waals surface area contributed by atoms with E-state index in [4.69, 9.17) is 4.55 Å². The minimum Gasteiger partial charge on any atom is -0.305 e. The Bertz CT molecular complexity index is 348. The number of hydrogen-bond acceptors (Lipinski definition) is 1. The van der Waals surface area contributed by atoms with Crippen LogP contribution in [0.15, 0.2) is 28.7 Å². The Labute approximate surface area is 116 Å². The molecule has 14 heavy (non-hydrogen) atoms. The van der Waals surface area contributed by atoms with Crippen LogP contribution in [0.4, 0.5) is 0 Å². The zero-order chi connectivity index (χ0) is 9.47. The first-order chi connectivity index (χ1) is 6.15. The Morgan fingerprint density at radius 1 is 1.29 bits per heavy atom. The average molecular weight is 284 g/mol. The second kappa shape index (κ2) is 4.76. The zero-order valence-electron chi connectivity index (χ0n) is 7.87. The molecule has 1 aromatic carbocycles. The molecule has 1 radical (unpaired) electrons. The van der Waals surface area contributed by atoms with E-state index in [9.17, 15) is 4.21 Å². The molecule has 0 saturated heterocycles. The molecule has 2 nitrogen and oxygen atoms in total. The quantitative estimate of drug-likeness (QED) is 0.668. The van der Waals surface area contributed by atoms with Crippen molar-refractivity contribution in [2.24, 2.45) is 0 Å². The first-order valence-electron chi connectivity index (χ1n) is 4.02. The number of rotatable bonds is 2. The third kappa shape index (κ3) is 2.31. The molecule has 1 atom stereocenters. The van der Waals surface area contributed by atoms with E-state index in [-0.39, 0.29) is 29.6 Å². The predicted molar refractivity (Wildman–Crippen MR) is 61.6 cm³/mol. The third-order valence-electron chi connectivity index (χ3n) is 2.41. The van der Waals surface area contributed by atoms with Gasteiger partial charge < -0.3 is 4.55 Å². The van der Waals surface area contributed by atoms with Crippen LogP contribution in [0.3, 0.4) is 0 Å². The summed E-state index contributed by atoms with van der Waals surface area (Å²) in [4.78, 5) is 0. The van der Waals surface area contributed by atoms with Crippen LogP contribution >= 0.6 is 15.9 Å². The molecule has 0 amide bonds. The SMILES string of the molecule is O=S(O)C1(c2ccc(Br)cc2)CC1.[Na]. The minimum absolute atomic E-state index is 0. The fourth-order valence-electron chi connectivity index (χ4n) is 1.43.